The molecule has 11 rings (SSSR count). The van der Waals surface area contributed by atoms with Crippen LogP contribution in [0.5, 0.6) is 11.5 Å². The normalized spacial score (nSPS) is 14.1. The molecule has 53 heavy (non-hydrogen) atoms. The number of ether oxygens (including phenoxy) is 1. The van der Waals surface area contributed by atoms with Crippen LogP contribution in [0.4, 0.5) is 22.9 Å². The minimum absolute atomic E-state index is 0. The van der Waals surface area contributed by atoms with E-state index in [0.717, 1.165) is 45.3 Å². The van der Waals surface area contributed by atoms with Gasteiger partial charge in [-0.2, -0.15) is 6.07 Å². The summed E-state index contributed by atoms with van der Waals surface area (Å²) >= 11 is 0. The first-order valence-electron chi connectivity index (χ1n) is 17.6. The Morgan fingerprint density at radius 2 is 1.38 bits per heavy atom. The third-order valence-corrected chi connectivity index (χ3v) is 14.3. The molecule has 6 aromatic carbocycles. The molecule has 2 aromatic heterocycles. The summed E-state index contributed by atoms with van der Waals surface area (Å²) in [5.41, 5.74) is 11.0. The van der Waals surface area contributed by atoms with Gasteiger partial charge in [-0.25, -0.2) is 4.98 Å². The van der Waals surface area contributed by atoms with Gasteiger partial charge in [-0.15, -0.1) is 35.5 Å². The number of hydrogen-bond donors (Lipinski definition) is 0. The molecule has 0 amide bonds. The molecule has 0 bridgehead atoms. The fraction of sp³-hybridized carbons (Fsp3) is 0.0455. The molecule has 0 saturated heterocycles. The molecule has 8 aromatic rings. The van der Waals surface area contributed by atoms with Crippen molar-refractivity contribution in [1.82, 2.24) is 9.55 Å². The van der Waals surface area contributed by atoms with Gasteiger partial charge in [0.25, 0.3) is 6.33 Å². The summed E-state index contributed by atoms with van der Waals surface area (Å²) in [6.45, 7) is 4.71. The average Bonchev–Trinajstić information content (AvgIpc) is 3.75. The second kappa shape index (κ2) is 11.9. The van der Waals surface area contributed by atoms with Crippen LogP contribution in [0.3, 0.4) is 0 Å². The van der Waals surface area contributed by atoms with Gasteiger partial charge in [0.15, 0.2) is 0 Å². The maximum absolute atomic E-state index is 6.70. The number of pyridine rings is 1. The zero-order valence-electron chi connectivity index (χ0n) is 28.9. The summed E-state index contributed by atoms with van der Waals surface area (Å²) < 4.78 is 11.0. The summed E-state index contributed by atoms with van der Waals surface area (Å²) in [5, 5.41) is 2.70. The van der Waals surface area contributed by atoms with Crippen LogP contribution >= 0.6 is 0 Å². The van der Waals surface area contributed by atoms with Crippen molar-refractivity contribution in [1.29, 1.82) is 0 Å². The van der Waals surface area contributed by atoms with Gasteiger partial charge < -0.3 is 18.9 Å². The second-order valence-corrected chi connectivity index (χ2v) is 18.4. The molecule has 0 N–H and O–H groups in total. The Balaban J connectivity index is 0.00000349. The molecule has 9 heteroatoms. The van der Waals surface area contributed by atoms with Crippen molar-refractivity contribution in [3.05, 3.63) is 164 Å². The van der Waals surface area contributed by atoms with E-state index >= 15 is 0 Å². The van der Waals surface area contributed by atoms with E-state index in [4.69, 9.17) is 9.72 Å². The summed E-state index contributed by atoms with van der Waals surface area (Å²) in [7, 11) is -2.07. The smallest absolute Gasteiger partial charge is 0.409 e. The number of anilines is 4. The van der Waals surface area contributed by atoms with Crippen LogP contribution in [0.25, 0.3) is 33.5 Å². The minimum atomic E-state index is -2.07. The minimum Gasteiger partial charge on any atom is -0.510 e. The SMILES string of the molecule is C[Si]1(C)c2ccc(Oc3[c-]c4c(cc3)N(c3ccccc3)B3c5ccccc5-c5cccnc5N34)[c-]c2-n2[c-][n+](-c3ccccc3)c3cccc1c32.[Pt]. The largest absolute Gasteiger partial charge is 0.510 e. The maximum Gasteiger partial charge on any atom is 0.409 e. The Hall–Kier alpha value is -5.69. The van der Waals surface area contributed by atoms with E-state index in [9.17, 15) is 0 Å². The molecule has 0 spiro atoms. The van der Waals surface area contributed by atoms with Gasteiger partial charge in [0.1, 0.15) is 5.82 Å². The molecule has 3 aliphatic rings. The Kier molecular flexibility index (Phi) is 7.20. The summed E-state index contributed by atoms with van der Waals surface area (Å²) in [4.78, 5) is 9.65. The number of imidazole rings is 1. The van der Waals surface area contributed by atoms with E-state index in [0.29, 0.717) is 11.5 Å². The number of hydrogen-bond acceptors (Lipinski definition) is 4. The molecular weight excluding hydrogens is 848 g/mol. The Labute approximate surface area is 324 Å². The Bertz CT molecular complexity index is 2740. The van der Waals surface area contributed by atoms with Gasteiger partial charge in [-0.3, -0.25) is 4.57 Å². The Morgan fingerprint density at radius 3 is 2.21 bits per heavy atom. The van der Waals surface area contributed by atoms with Crippen LogP contribution in [0.2, 0.25) is 13.1 Å². The van der Waals surface area contributed by atoms with Gasteiger partial charge in [-0.05, 0) is 53.1 Å². The molecule has 0 fully saturated rings. The summed E-state index contributed by atoms with van der Waals surface area (Å²) in [6, 6.07) is 56.3. The van der Waals surface area contributed by atoms with Gasteiger partial charge in [-0.1, -0.05) is 109 Å². The van der Waals surface area contributed by atoms with E-state index in [2.05, 4.69) is 172 Å². The molecular formula is C44H30BN5OPtSi-2. The predicted molar refractivity (Wildman–Crippen MR) is 210 cm³/mol. The van der Waals surface area contributed by atoms with Crippen LogP contribution in [-0.4, -0.2) is 24.6 Å². The van der Waals surface area contributed by atoms with Crippen molar-refractivity contribution in [3.63, 3.8) is 0 Å². The number of nitrogens with zero attached hydrogens (tertiary/aromatic N) is 5. The van der Waals surface area contributed by atoms with E-state index in [1.54, 1.807) is 0 Å². The van der Waals surface area contributed by atoms with Crippen molar-refractivity contribution in [2.45, 2.75) is 13.1 Å². The second-order valence-electron chi connectivity index (χ2n) is 14.1. The topological polar surface area (TPSA) is 37.4 Å². The number of aromatic nitrogens is 3. The van der Waals surface area contributed by atoms with Gasteiger partial charge >= 0.3 is 6.98 Å². The third kappa shape index (κ3) is 4.62. The fourth-order valence-corrected chi connectivity index (χ4v) is 11.4. The number of benzene rings is 6. The zero-order chi connectivity index (χ0) is 34.6. The van der Waals surface area contributed by atoms with E-state index in [1.165, 1.54) is 26.9 Å². The first-order valence-corrected chi connectivity index (χ1v) is 20.6. The maximum atomic E-state index is 6.70. The van der Waals surface area contributed by atoms with Crippen LogP contribution < -0.4 is 34.8 Å². The number of rotatable bonds is 4. The van der Waals surface area contributed by atoms with Crippen LogP contribution in [0, 0.1) is 18.5 Å². The summed E-state index contributed by atoms with van der Waals surface area (Å²) in [5.74, 6) is 2.16. The van der Waals surface area contributed by atoms with E-state index < -0.39 is 8.07 Å². The number of para-hydroxylation sites is 3. The number of fused-ring (bicyclic) bond motifs is 10. The van der Waals surface area contributed by atoms with Crippen molar-refractivity contribution in [2.75, 3.05) is 9.62 Å². The molecule has 3 aliphatic heterocycles. The van der Waals surface area contributed by atoms with Crippen molar-refractivity contribution < 1.29 is 30.4 Å². The van der Waals surface area contributed by atoms with Crippen molar-refractivity contribution in [2.24, 2.45) is 0 Å². The van der Waals surface area contributed by atoms with Crippen LogP contribution in [0.1, 0.15) is 0 Å². The Morgan fingerprint density at radius 1 is 0.660 bits per heavy atom. The van der Waals surface area contributed by atoms with Crippen molar-refractivity contribution in [3.8, 4) is 34.0 Å². The van der Waals surface area contributed by atoms with Gasteiger partial charge in [0.2, 0.25) is 0 Å². The standard InChI is InChI=1S/C44H30BN5OSi.Pt/c1-52(2)41-25-23-33(28-40(41)48-29-47(30-13-5-3-6-14-30)38-20-11-21-42(52)43(38)48)51-32-22-24-37-39(27-32)50-44-35(18-12-26-46-44)34-17-9-10-19-36(34)45(50)49(37)31-15-7-4-8-16-31;/h3-26H,1-2H3;/q-2;. The van der Waals surface area contributed by atoms with Crippen molar-refractivity contribution >= 4 is 64.8 Å². The molecule has 5 heterocycles. The summed E-state index contributed by atoms with van der Waals surface area (Å²) in [6.07, 6.45) is 5.55. The van der Waals surface area contributed by atoms with E-state index in [-0.39, 0.29) is 28.0 Å². The molecule has 256 valence electrons. The van der Waals surface area contributed by atoms with E-state index in [1.807, 2.05) is 24.4 Å². The fourth-order valence-electron chi connectivity index (χ4n) is 8.46. The molecule has 0 saturated carbocycles. The molecule has 6 nitrogen and oxygen atoms in total. The zero-order valence-corrected chi connectivity index (χ0v) is 32.2. The van der Waals surface area contributed by atoms with Gasteiger partial charge in [0.05, 0.1) is 16.7 Å². The quantitative estimate of drug-likeness (QED) is 0.106. The third-order valence-electron chi connectivity index (χ3n) is 10.8. The average molecular weight is 879 g/mol. The van der Waals surface area contributed by atoms with Gasteiger partial charge in [0, 0.05) is 58.1 Å². The first kappa shape index (κ1) is 32.0. The van der Waals surface area contributed by atoms with Crippen LogP contribution in [-0.2, 0) is 21.1 Å². The monoisotopic (exact) mass is 878 g/mol. The first-order chi connectivity index (χ1) is 25.6. The molecule has 0 unspecified atom stereocenters. The molecule has 0 radical (unpaired) electrons. The predicted octanol–water partition coefficient (Wildman–Crippen LogP) is 7.29. The molecule has 0 aliphatic carbocycles. The molecule has 0 atom stereocenters. The van der Waals surface area contributed by atoms with Crippen LogP contribution in [0.15, 0.2) is 146 Å².